The molecule has 0 atom stereocenters. The fraction of sp³-hybridized carbons (Fsp3) is 0.278. The Morgan fingerprint density at radius 2 is 1.84 bits per heavy atom. The average molecular weight is 368 g/mol. The lowest BCUT2D eigenvalue weighted by Crippen LogP contribution is -2.09. The Balaban J connectivity index is 2.21. The summed E-state index contributed by atoms with van der Waals surface area (Å²) in [7, 11) is 0. The lowest BCUT2D eigenvalue weighted by atomic mass is 10.0. The number of hydrogen-bond donors (Lipinski definition) is 1. The minimum absolute atomic E-state index is 0.0417. The van der Waals surface area contributed by atoms with Gasteiger partial charge in [0.25, 0.3) is 0 Å². The maximum Gasteiger partial charge on any atom is 0.417 e. The van der Waals surface area contributed by atoms with E-state index in [2.05, 4.69) is 18.8 Å². The molecule has 0 spiro atoms. The summed E-state index contributed by atoms with van der Waals surface area (Å²) in [5, 5.41) is -0.0606. The SMILES string of the molecule is CC(C)c1ccc(-c2nc3c(Cl)cc(C(F)(F)F)cn3c2CN)cc1. The standard InChI is InChI=1S/C18H17ClF3N3/c1-10(2)11-3-5-12(6-4-11)16-15(8-23)25-9-13(18(20,21)22)7-14(19)17(25)24-16/h3-7,9-10H,8,23H2,1-2H3. The number of alkyl halides is 3. The molecule has 3 nitrogen and oxygen atoms in total. The molecule has 0 unspecified atom stereocenters. The quantitative estimate of drug-likeness (QED) is 0.686. The molecule has 0 saturated heterocycles. The number of nitrogens with zero attached hydrogens (tertiary/aromatic N) is 2. The summed E-state index contributed by atoms with van der Waals surface area (Å²) in [6, 6.07) is 8.64. The second kappa shape index (κ2) is 6.35. The predicted octanol–water partition coefficient (Wildman–Crippen LogP) is 5.26. The van der Waals surface area contributed by atoms with Gasteiger partial charge in [0.15, 0.2) is 5.65 Å². The van der Waals surface area contributed by atoms with E-state index in [0.29, 0.717) is 17.3 Å². The van der Waals surface area contributed by atoms with E-state index in [1.807, 2.05) is 24.3 Å². The molecular weight excluding hydrogens is 351 g/mol. The van der Waals surface area contributed by atoms with Crippen molar-refractivity contribution < 1.29 is 13.2 Å². The first-order chi connectivity index (χ1) is 11.7. The summed E-state index contributed by atoms with van der Waals surface area (Å²) < 4.78 is 40.5. The number of benzene rings is 1. The highest BCUT2D eigenvalue weighted by Gasteiger charge is 2.32. The monoisotopic (exact) mass is 367 g/mol. The van der Waals surface area contributed by atoms with Crippen LogP contribution in [0.2, 0.25) is 5.02 Å². The summed E-state index contributed by atoms with van der Waals surface area (Å²) in [5.74, 6) is 0.382. The van der Waals surface area contributed by atoms with E-state index in [4.69, 9.17) is 17.3 Å². The Morgan fingerprint density at radius 3 is 2.36 bits per heavy atom. The Labute approximate surface area is 148 Å². The van der Waals surface area contributed by atoms with Crippen LogP contribution in [0.4, 0.5) is 13.2 Å². The zero-order valence-electron chi connectivity index (χ0n) is 13.7. The molecule has 0 aliphatic heterocycles. The average Bonchev–Trinajstić information content (AvgIpc) is 2.93. The molecule has 0 fully saturated rings. The van der Waals surface area contributed by atoms with Gasteiger partial charge < -0.3 is 10.1 Å². The van der Waals surface area contributed by atoms with Gasteiger partial charge in [0.1, 0.15) is 0 Å². The van der Waals surface area contributed by atoms with Gasteiger partial charge in [-0.05, 0) is 17.5 Å². The van der Waals surface area contributed by atoms with Gasteiger partial charge in [-0.25, -0.2) is 4.98 Å². The normalized spacial score (nSPS) is 12.3. The number of pyridine rings is 1. The van der Waals surface area contributed by atoms with Crippen LogP contribution in [0, 0.1) is 0 Å². The van der Waals surface area contributed by atoms with Gasteiger partial charge in [-0.1, -0.05) is 49.7 Å². The molecule has 2 heterocycles. The minimum atomic E-state index is -4.49. The van der Waals surface area contributed by atoms with Crippen molar-refractivity contribution in [2.75, 3.05) is 0 Å². The van der Waals surface area contributed by atoms with Crippen LogP contribution in [0.3, 0.4) is 0 Å². The highest BCUT2D eigenvalue weighted by atomic mass is 35.5. The molecule has 132 valence electrons. The first-order valence-corrected chi connectivity index (χ1v) is 8.18. The van der Waals surface area contributed by atoms with Crippen molar-refractivity contribution in [3.63, 3.8) is 0 Å². The highest BCUT2D eigenvalue weighted by Crippen LogP contribution is 2.35. The summed E-state index contributed by atoms with van der Waals surface area (Å²) in [5.41, 5.74) is 8.21. The van der Waals surface area contributed by atoms with E-state index >= 15 is 0 Å². The zero-order valence-corrected chi connectivity index (χ0v) is 14.5. The van der Waals surface area contributed by atoms with E-state index in [9.17, 15) is 13.2 Å². The van der Waals surface area contributed by atoms with E-state index in [0.717, 1.165) is 17.8 Å². The molecular formula is C18H17ClF3N3. The van der Waals surface area contributed by atoms with Gasteiger partial charge in [-0.3, -0.25) is 0 Å². The van der Waals surface area contributed by atoms with Gasteiger partial charge in [0.05, 0.1) is 22.0 Å². The van der Waals surface area contributed by atoms with Crippen molar-refractivity contribution in [1.82, 2.24) is 9.38 Å². The maximum absolute atomic E-state index is 13.1. The molecule has 2 aromatic heterocycles. The third-order valence-electron chi connectivity index (χ3n) is 4.15. The maximum atomic E-state index is 13.1. The van der Waals surface area contributed by atoms with Gasteiger partial charge in [0, 0.05) is 18.3 Å². The van der Waals surface area contributed by atoms with Crippen LogP contribution in [0.25, 0.3) is 16.9 Å². The number of rotatable bonds is 3. The number of imidazole rings is 1. The molecule has 3 rings (SSSR count). The second-order valence-corrected chi connectivity index (χ2v) is 6.56. The largest absolute Gasteiger partial charge is 0.417 e. The summed E-state index contributed by atoms with van der Waals surface area (Å²) in [6.07, 6.45) is -3.50. The van der Waals surface area contributed by atoms with Crippen molar-refractivity contribution in [3.8, 4) is 11.3 Å². The number of aromatic nitrogens is 2. The van der Waals surface area contributed by atoms with Gasteiger partial charge >= 0.3 is 6.18 Å². The van der Waals surface area contributed by atoms with Crippen LogP contribution in [-0.2, 0) is 12.7 Å². The van der Waals surface area contributed by atoms with Crippen molar-refractivity contribution in [2.24, 2.45) is 5.73 Å². The van der Waals surface area contributed by atoms with Crippen molar-refractivity contribution >= 4 is 17.2 Å². The van der Waals surface area contributed by atoms with Gasteiger partial charge in [0.2, 0.25) is 0 Å². The molecule has 1 aromatic carbocycles. The number of hydrogen-bond acceptors (Lipinski definition) is 2. The van der Waals surface area contributed by atoms with Crippen LogP contribution in [0.5, 0.6) is 0 Å². The van der Waals surface area contributed by atoms with E-state index < -0.39 is 11.7 Å². The molecule has 3 aromatic rings. The van der Waals surface area contributed by atoms with Crippen LogP contribution in [0.1, 0.15) is 36.6 Å². The zero-order chi connectivity index (χ0) is 18.4. The van der Waals surface area contributed by atoms with Crippen LogP contribution in [-0.4, -0.2) is 9.38 Å². The molecule has 0 bridgehead atoms. The molecule has 0 aliphatic rings. The second-order valence-electron chi connectivity index (χ2n) is 6.16. The summed E-state index contributed by atoms with van der Waals surface area (Å²) >= 11 is 6.04. The summed E-state index contributed by atoms with van der Waals surface area (Å²) in [4.78, 5) is 4.43. The van der Waals surface area contributed by atoms with Crippen LogP contribution < -0.4 is 5.73 Å². The van der Waals surface area contributed by atoms with Crippen molar-refractivity contribution in [1.29, 1.82) is 0 Å². The molecule has 2 N–H and O–H groups in total. The van der Waals surface area contributed by atoms with Gasteiger partial charge in [-0.2, -0.15) is 13.2 Å². The molecule has 0 aliphatic carbocycles. The first-order valence-electron chi connectivity index (χ1n) is 7.80. The molecule has 0 saturated carbocycles. The van der Waals surface area contributed by atoms with Crippen LogP contribution in [0.15, 0.2) is 36.5 Å². The van der Waals surface area contributed by atoms with Crippen molar-refractivity contribution in [3.05, 3.63) is 58.4 Å². The lowest BCUT2D eigenvalue weighted by Gasteiger charge is -2.09. The fourth-order valence-electron chi connectivity index (χ4n) is 2.76. The molecule has 0 radical (unpaired) electrons. The molecule has 7 heteroatoms. The minimum Gasteiger partial charge on any atom is -0.325 e. The Bertz CT molecular complexity index is 912. The third kappa shape index (κ3) is 3.24. The number of fused-ring (bicyclic) bond motifs is 1. The van der Waals surface area contributed by atoms with E-state index in [1.54, 1.807) is 0 Å². The van der Waals surface area contributed by atoms with Crippen LogP contribution >= 0.6 is 11.6 Å². The molecule has 0 amide bonds. The Hall–Kier alpha value is -2.05. The first kappa shape index (κ1) is 17.8. The third-order valence-corrected chi connectivity index (χ3v) is 4.42. The van der Waals surface area contributed by atoms with E-state index in [-0.39, 0.29) is 17.2 Å². The van der Waals surface area contributed by atoms with E-state index in [1.165, 1.54) is 9.96 Å². The van der Waals surface area contributed by atoms with Gasteiger partial charge in [-0.15, -0.1) is 0 Å². The predicted molar refractivity (Wildman–Crippen MR) is 92.6 cm³/mol. The topological polar surface area (TPSA) is 43.3 Å². The number of nitrogens with two attached hydrogens (primary N) is 1. The Kier molecular flexibility index (Phi) is 4.51. The summed E-state index contributed by atoms with van der Waals surface area (Å²) in [6.45, 7) is 4.22. The fourth-order valence-corrected chi connectivity index (χ4v) is 3.01. The number of halogens is 4. The Morgan fingerprint density at radius 1 is 1.20 bits per heavy atom. The molecule has 25 heavy (non-hydrogen) atoms. The smallest absolute Gasteiger partial charge is 0.325 e. The lowest BCUT2D eigenvalue weighted by molar-refractivity contribution is -0.137. The highest BCUT2D eigenvalue weighted by molar-refractivity contribution is 6.33. The van der Waals surface area contributed by atoms with Crippen molar-refractivity contribution in [2.45, 2.75) is 32.5 Å².